The van der Waals surface area contributed by atoms with E-state index in [1.807, 2.05) is 15.8 Å². The Kier molecular flexibility index (Phi) is 6.74. The van der Waals surface area contributed by atoms with Gasteiger partial charge in [0.1, 0.15) is 0 Å². The Morgan fingerprint density at radius 2 is 1.84 bits per heavy atom. The van der Waals surface area contributed by atoms with Gasteiger partial charge in [-0.3, -0.25) is 14.4 Å². The first-order valence-electron chi connectivity index (χ1n) is 11.1. The van der Waals surface area contributed by atoms with Crippen LogP contribution in [-0.4, -0.2) is 77.5 Å². The second-order valence-electron chi connectivity index (χ2n) is 8.27. The molecule has 9 heteroatoms. The summed E-state index contributed by atoms with van der Waals surface area (Å²) in [6.07, 6.45) is 6.64. The van der Waals surface area contributed by atoms with Gasteiger partial charge in [0.2, 0.25) is 10.0 Å². The van der Waals surface area contributed by atoms with Crippen molar-refractivity contribution < 1.29 is 13.2 Å². The van der Waals surface area contributed by atoms with Crippen LogP contribution in [0.15, 0.2) is 41.6 Å². The molecule has 2 aliphatic rings. The number of benzene rings is 1. The van der Waals surface area contributed by atoms with Gasteiger partial charge in [-0.2, -0.15) is 9.40 Å². The molecular weight excluding hydrogens is 414 g/mol. The van der Waals surface area contributed by atoms with E-state index >= 15 is 0 Å². The van der Waals surface area contributed by atoms with E-state index in [0.717, 1.165) is 45.4 Å². The number of amides is 1. The van der Waals surface area contributed by atoms with Gasteiger partial charge in [0.05, 0.1) is 11.1 Å². The van der Waals surface area contributed by atoms with Crippen molar-refractivity contribution in [2.24, 2.45) is 0 Å². The zero-order chi connectivity index (χ0) is 21.8. The van der Waals surface area contributed by atoms with E-state index in [1.54, 1.807) is 18.2 Å². The lowest BCUT2D eigenvalue weighted by atomic mass is 10.2. The van der Waals surface area contributed by atoms with Crippen LogP contribution in [0.1, 0.15) is 42.1 Å². The standard InChI is InChI=1S/C22H31N5O3S/c1-2-26-18-19(16-23-26)17-24-9-6-10-25(14-13-24)22(28)20-7-5-8-21(15-20)31(29,30)27-11-3-4-12-27/h5,7-8,15-16,18H,2-4,6,9-14,17H2,1H3. The fourth-order valence-electron chi connectivity index (χ4n) is 4.30. The number of aromatic nitrogens is 2. The number of hydrogen-bond acceptors (Lipinski definition) is 5. The zero-order valence-electron chi connectivity index (χ0n) is 18.1. The van der Waals surface area contributed by atoms with E-state index in [4.69, 9.17) is 0 Å². The van der Waals surface area contributed by atoms with Crippen molar-refractivity contribution in [2.45, 2.75) is 44.2 Å². The van der Waals surface area contributed by atoms with E-state index in [1.165, 1.54) is 15.9 Å². The molecule has 0 aliphatic carbocycles. The molecule has 4 rings (SSSR count). The second-order valence-corrected chi connectivity index (χ2v) is 10.2. The van der Waals surface area contributed by atoms with Gasteiger partial charge in [-0.25, -0.2) is 8.42 Å². The first-order valence-corrected chi connectivity index (χ1v) is 12.5. The molecule has 0 spiro atoms. The average Bonchev–Trinajstić information content (AvgIpc) is 3.43. The molecule has 3 heterocycles. The minimum absolute atomic E-state index is 0.0980. The maximum absolute atomic E-state index is 13.1. The maximum Gasteiger partial charge on any atom is 0.253 e. The van der Waals surface area contributed by atoms with E-state index in [0.29, 0.717) is 31.7 Å². The predicted octanol–water partition coefficient (Wildman–Crippen LogP) is 2.04. The van der Waals surface area contributed by atoms with Crippen molar-refractivity contribution >= 4 is 15.9 Å². The number of hydrogen-bond donors (Lipinski definition) is 0. The number of aryl methyl sites for hydroxylation is 1. The molecule has 0 N–H and O–H groups in total. The third-order valence-electron chi connectivity index (χ3n) is 6.08. The van der Waals surface area contributed by atoms with Crippen molar-refractivity contribution in [3.8, 4) is 0 Å². The smallest absolute Gasteiger partial charge is 0.253 e. The normalized spacial score (nSPS) is 18.9. The molecule has 2 aromatic rings. The number of sulfonamides is 1. The van der Waals surface area contributed by atoms with E-state index in [-0.39, 0.29) is 10.8 Å². The van der Waals surface area contributed by atoms with Crippen LogP contribution in [-0.2, 0) is 23.1 Å². The summed E-state index contributed by atoms with van der Waals surface area (Å²) in [4.78, 5) is 17.5. The van der Waals surface area contributed by atoms with Gasteiger partial charge >= 0.3 is 0 Å². The first kappa shape index (κ1) is 22.0. The van der Waals surface area contributed by atoms with Gasteiger partial charge in [0, 0.05) is 69.7 Å². The fraction of sp³-hybridized carbons (Fsp3) is 0.545. The summed E-state index contributed by atoms with van der Waals surface area (Å²) in [6.45, 7) is 7.87. The highest BCUT2D eigenvalue weighted by Crippen LogP contribution is 2.22. The minimum Gasteiger partial charge on any atom is -0.337 e. The van der Waals surface area contributed by atoms with Gasteiger partial charge in [-0.15, -0.1) is 0 Å². The molecule has 0 atom stereocenters. The van der Waals surface area contributed by atoms with Gasteiger partial charge in [0.15, 0.2) is 0 Å². The molecule has 0 bridgehead atoms. The van der Waals surface area contributed by atoms with Crippen molar-refractivity contribution in [1.29, 1.82) is 0 Å². The third kappa shape index (κ3) is 4.99. The van der Waals surface area contributed by atoms with Crippen LogP contribution in [0, 0.1) is 0 Å². The van der Waals surface area contributed by atoms with E-state index < -0.39 is 10.0 Å². The highest BCUT2D eigenvalue weighted by atomic mass is 32.2. The molecule has 1 amide bonds. The Morgan fingerprint density at radius 1 is 1.03 bits per heavy atom. The van der Waals surface area contributed by atoms with Crippen LogP contribution in [0.2, 0.25) is 0 Å². The summed E-state index contributed by atoms with van der Waals surface area (Å²) < 4.78 is 29.2. The van der Waals surface area contributed by atoms with Crippen LogP contribution in [0.4, 0.5) is 0 Å². The quantitative estimate of drug-likeness (QED) is 0.680. The van der Waals surface area contributed by atoms with Crippen molar-refractivity contribution in [3.63, 3.8) is 0 Å². The molecule has 168 valence electrons. The average molecular weight is 446 g/mol. The Hall–Kier alpha value is -2.23. The molecular formula is C22H31N5O3S. The van der Waals surface area contributed by atoms with Crippen LogP contribution < -0.4 is 0 Å². The summed E-state index contributed by atoms with van der Waals surface area (Å²) in [7, 11) is -3.53. The number of carbonyl (C=O) groups is 1. The molecule has 1 aromatic heterocycles. The minimum atomic E-state index is -3.53. The highest BCUT2D eigenvalue weighted by Gasteiger charge is 2.28. The lowest BCUT2D eigenvalue weighted by Crippen LogP contribution is -2.35. The Bertz CT molecular complexity index is 1010. The third-order valence-corrected chi connectivity index (χ3v) is 7.97. The van der Waals surface area contributed by atoms with Gasteiger partial charge < -0.3 is 4.90 Å². The van der Waals surface area contributed by atoms with Crippen molar-refractivity contribution in [3.05, 3.63) is 47.8 Å². The summed E-state index contributed by atoms with van der Waals surface area (Å²) in [6, 6.07) is 6.52. The molecule has 8 nitrogen and oxygen atoms in total. The summed E-state index contributed by atoms with van der Waals surface area (Å²) in [5.74, 6) is -0.0980. The van der Waals surface area contributed by atoms with Crippen LogP contribution in [0.3, 0.4) is 0 Å². The summed E-state index contributed by atoms with van der Waals surface area (Å²) in [5.41, 5.74) is 1.62. The largest absolute Gasteiger partial charge is 0.337 e. The van der Waals surface area contributed by atoms with Crippen LogP contribution >= 0.6 is 0 Å². The summed E-state index contributed by atoms with van der Waals surface area (Å²) in [5, 5.41) is 4.34. The molecule has 2 saturated heterocycles. The SMILES string of the molecule is CCn1cc(CN2CCCN(C(=O)c3cccc(S(=O)(=O)N4CCCC4)c3)CC2)cn1. The molecule has 2 aliphatic heterocycles. The summed E-state index contributed by atoms with van der Waals surface area (Å²) >= 11 is 0. The van der Waals surface area contributed by atoms with Gasteiger partial charge in [-0.1, -0.05) is 6.07 Å². The molecule has 31 heavy (non-hydrogen) atoms. The first-order chi connectivity index (χ1) is 15.0. The molecule has 0 radical (unpaired) electrons. The van der Waals surface area contributed by atoms with Gasteiger partial charge in [0.25, 0.3) is 5.91 Å². The Balaban J connectivity index is 1.41. The van der Waals surface area contributed by atoms with Gasteiger partial charge in [-0.05, 0) is 44.4 Å². The Labute approximate surface area is 184 Å². The van der Waals surface area contributed by atoms with Crippen molar-refractivity contribution in [1.82, 2.24) is 23.9 Å². The van der Waals surface area contributed by atoms with E-state index in [9.17, 15) is 13.2 Å². The molecule has 1 aromatic carbocycles. The highest BCUT2D eigenvalue weighted by molar-refractivity contribution is 7.89. The topological polar surface area (TPSA) is 78.8 Å². The molecule has 0 saturated carbocycles. The number of carbonyl (C=O) groups excluding carboxylic acids is 1. The zero-order valence-corrected chi connectivity index (χ0v) is 18.9. The number of nitrogens with zero attached hydrogens (tertiary/aromatic N) is 5. The Morgan fingerprint density at radius 3 is 2.58 bits per heavy atom. The maximum atomic E-state index is 13.1. The molecule has 0 unspecified atom stereocenters. The number of rotatable bonds is 6. The van der Waals surface area contributed by atoms with Crippen LogP contribution in [0.25, 0.3) is 0 Å². The molecule has 2 fully saturated rings. The fourth-order valence-corrected chi connectivity index (χ4v) is 5.86. The lowest BCUT2D eigenvalue weighted by Gasteiger charge is -2.22. The monoisotopic (exact) mass is 445 g/mol. The van der Waals surface area contributed by atoms with Crippen LogP contribution in [0.5, 0.6) is 0 Å². The predicted molar refractivity (Wildman–Crippen MR) is 118 cm³/mol. The lowest BCUT2D eigenvalue weighted by molar-refractivity contribution is 0.0761. The second kappa shape index (κ2) is 9.50. The van der Waals surface area contributed by atoms with Crippen molar-refractivity contribution in [2.75, 3.05) is 39.3 Å². The van der Waals surface area contributed by atoms with E-state index in [2.05, 4.69) is 23.1 Å².